The van der Waals surface area contributed by atoms with E-state index >= 15 is 0 Å². The summed E-state index contributed by atoms with van der Waals surface area (Å²) in [4.78, 5) is 19.0. The molecule has 4 rings (SSSR count). The third kappa shape index (κ3) is 1.20. The molecule has 1 spiro atoms. The van der Waals surface area contributed by atoms with Crippen molar-refractivity contribution in [3.05, 3.63) is 23.4 Å². The second-order valence-electron chi connectivity index (χ2n) is 5.88. The average Bonchev–Trinajstić information content (AvgIpc) is 2.99. The highest BCUT2D eigenvalue weighted by Gasteiger charge is 2.52. The van der Waals surface area contributed by atoms with E-state index in [1.165, 1.54) is 24.0 Å². The van der Waals surface area contributed by atoms with E-state index in [9.17, 15) is 4.79 Å². The van der Waals surface area contributed by atoms with E-state index in [0.717, 1.165) is 44.4 Å². The number of allylic oxidation sites excluding steroid dienone is 2. The number of nitrogens with zero attached hydrogens (tertiary/aromatic N) is 2. The van der Waals surface area contributed by atoms with Crippen molar-refractivity contribution in [1.82, 2.24) is 4.90 Å². The predicted molar refractivity (Wildman–Crippen MR) is 70.1 cm³/mol. The van der Waals surface area contributed by atoms with E-state index in [4.69, 9.17) is 0 Å². The molecule has 94 valence electrons. The minimum Gasteiger partial charge on any atom is -0.317 e. The van der Waals surface area contributed by atoms with Crippen molar-refractivity contribution >= 4 is 11.7 Å². The van der Waals surface area contributed by atoms with Gasteiger partial charge in [-0.05, 0) is 55.7 Å². The highest BCUT2D eigenvalue weighted by molar-refractivity contribution is 6.15. The first-order valence-electron chi connectivity index (χ1n) is 7.14. The Bertz CT molecular complexity index is 507. The van der Waals surface area contributed by atoms with Crippen LogP contribution in [0.1, 0.15) is 51.4 Å². The van der Waals surface area contributed by atoms with Crippen molar-refractivity contribution < 1.29 is 4.79 Å². The van der Waals surface area contributed by atoms with Gasteiger partial charge in [-0.15, -0.1) is 0 Å². The first-order chi connectivity index (χ1) is 8.81. The molecule has 0 atom stereocenters. The quantitative estimate of drug-likeness (QED) is 0.654. The number of carbonyl (C=O) groups excluding carboxylic acids is 1. The molecule has 4 aliphatic rings. The van der Waals surface area contributed by atoms with Gasteiger partial charge in [0.1, 0.15) is 11.4 Å². The fourth-order valence-corrected chi connectivity index (χ4v) is 3.93. The molecule has 3 nitrogen and oxygen atoms in total. The number of hydrogen-bond donors (Lipinski definition) is 0. The molecule has 0 saturated heterocycles. The Morgan fingerprint density at radius 3 is 2.72 bits per heavy atom. The van der Waals surface area contributed by atoms with Crippen molar-refractivity contribution in [3.63, 3.8) is 0 Å². The smallest absolute Gasteiger partial charge is 0.273 e. The Labute approximate surface area is 107 Å². The molecule has 0 aromatic rings. The minimum absolute atomic E-state index is 0.110. The van der Waals surface area contributed by atoms with Crippen LogP contribution < -0.4 is 0 Å². The van der Waals surface area contributed by atoms with Crippen molar-refractivity contribution in [2.24, 2.45) is 4.99 Å². The fourth-order valence-electron chi connectivity index (χ4n) is 3.93. The van der Waals surface area contributed by atoms with Crippen molar-refractivity contribution in [1.29, 1.82) is 0 Å². The molecule has 18 heavy (non-hydrogen) atoms. The number of aliphatic imine (C=N–C) groups is 1. The third-order valence-electron chi connectivity index (χ3n) is 4.93. The van der Waals surface area contributed by atoms with Crippen LogP contribution in [0.4, 0.5) is 0 Å². The van der Waals surface area contributed by atoms with Gasteiger partial charge in [-0.2, -0.15) is 4.99 Å². The van der Waals surface area contributed by atoms with E-state index in [0.29, 0.717) is 0 Å². The van der Waals surface area contributed by atoms with E-state index in [1.807, 2.05) is 0 Å². The monoisotopic (exact) mass is 242 g/mol. The highest BCUT2D eigenvalue weighted by Crippen LogP contribution is 2.44. The van der Waals surface area contributed by atoms with Crippen LogP contribution >= 0.6 is 0 Å². The Balaban J connectivity index is 1.80. The molecule has 3 heteroatoms. The summed E-state index contributed by atoms with van der Waals surface area (Å²) in [6.07, 6.45) is 13.4. The van der Waals surface area contributed by atoms with Gasteiger partial charge in [0.05, 0.1) is 0 Å². The Kier molecular flexibility index (Phi) is 2.08. The van der Waals surface area contributed by atoms with Crippen LogP contribution in [-0.4, -0.2) is 22.2 Å². The lowest BCUT2D eigenvalue weighted by Gasteiger charge is -2.36. The van der Waals surface area contributed by atoms with Gasteiger partial charge in [0, 0.05) is 6.20 Å². The molecule has 0 bridgehead atoms. The van der Waals surface area contributed by atoms with E-state index in [-0.39, 0.29) is 11.4 Å². The SMILES string of the molecule is O=C1N=C2C3=C(C=CN2C12CCCC2)CCCC3. The molecule has 2 heterocycles. The molecule has 0 aromatic carbocycles. The molecule has 1 saturated carbocycles. The number of carbonyl (C=O) groups is 1. The van der Waals surface area contributed by atoms with Gasteiger partial charge < -0.3 is 4.90 Å². The van der Waals surface area contributed by atoms with Crippen LogP contribution in [0.15, 0.2) is 28.4 Å². The fraction of sp³-hybridized carbons (Fsp3) is 0.600. The van der Waals surface area contributed by atoms with E-state index in [1.54, 1.807) is 0 Å². The van der Waals surface area contributed by atoms with Crippen LogP contribution in [0.25, 0.3) is 0 Å². The van der Waals surface area contributed by atoms with E-state index < -0.39 is 0 Å². The summed E-state index contributed by atoms with van der Waals surface area (Å²) < 4.78 is 0. The van der Waals surface area contributed by atoms with Gasteiger partial charge in [0.25, 0.3) is 5.91 Å². The molecule has 0 N–H and O–H groups in total. The molecular weight excluding hydrogens is 224 g/mol. The molecule has 1 fully saturated rings. The zero-order valence-corrected chi connectivity index (χ0v) is 10.6. The lowest BCUT2D eigenvalue weighted by molar-refractivity contribution is -0.124. The number of hydrogen-bond acceptors (Lipinski definition) is 2. The predicted octanol–water partition coefficient (Wildman–Crippen LogP) is 2.94. The van der Waals surface area contributed by atoms with Crippen LogP contribution in [-0.2, 0) is 4.79 Å². The highest BCUT2D eigenvalue weighted by atomic mass is 16.2. The van der Waals surface area contributed by atoms with E-state index in [2.05, 4.69) is 22.2 Å². The summed E-state index contributed by atoms with van der Waals surface area (Å²) in [6, 6.07) is 0. The Hall–Kier alpha value is -1.38. The first kappa shape index (κ1) is 10.5. The molecular formula is C15H18N2O. The Morgan fingerprint density at radius 1 is 1.11 bits per heavy atom. The number of amidine groups is 1. The summed E-state index contributed by atoms with van der Waals surface area (Å²) in [5.41, 5.74) is 2.46. The van der Waals surface area contributed by atoms with Crippen molar-refractivity contribution in [2.45, 2.75) is 56.9 Å². The van der Waals surface area contributed by atoms with Gasteiger partial charge in [-0.1, -0.05) is 12.8 Å². The van der Waals surface area contributed by atoms with Gasteiger partial charge in [-0.3, -0.25) is 4.79 Å². The molecule has 1 amide bonds. The van der Waals surface area contributed by atoms with Crippen LogP contribution in [0.2, 0.25) is 0 Å². The second kappa shape index (κ2) is 3.56. The summed E-state index contributed by atoms with van der Waals surface area (Å²) in [7, 11) is 0. The second-order valence-corrected chi connectivity index (χ2v) is 5.88. The van der Waals surface area contributed by atoms with Crippen LogP contribution in [0.3, 0.4) is 0 Å². The van der Waals surface area contributed by atoms with Crippen LogP contribution in [0.5, 0.6) is 0 Å². The Morgan fingerprint density at radius 2 is 1.89 bits per heavy atom. The van der Waals surface area contributed by atoms with Gasteiger partial charge in [0.15, 0.2) is 0 Å². The van der Waals surface area contributed by atoms with Crippen molar-refractivity contribution in [2.75, 3.05) is 0 Å². The standard InChI is InChI=1S/C15H18N2O/c18-14-15(8-3-4-9-15)17-10-7-11-5-1-2-6-12(11)13(17)16-14/h7,10H,1-6,8-9H2. The zero-order valence-electron chi connectivity index (χ0n) is 10.6. The molecule has 2 aliphatic carbocycles. The van der Waals surface area contributed by atoms with Crippen molar-refractivity contribution in [3.8, 4) is 0 Å². The van der Waals surface area contributed by atoms with Gasteiger partial charge >= 0.3 is 0 Å². The third-order valence-corrected chi connectivity index (χ3v) is 4.93. The maximum atomic E-state index is 12.4. The summed E-state index contributed by atoms with van der Waals surface area (Å²) in [5, 5.41) is 0. The first-order valence-corrected chi connectivity index (χ1v) is 7.14. The van der Waals surface area contributed by atoms with Crippen LogP contribution in [0, 0.1) is 0 Å². The number of amides is 1. The molecule has 0 unspecified atom stereocenters. The number of fused-ring (bicyclic) bond motifs is 3. The number of rotatable bonds is 0. The normalized spacial score (nSPS) is 28.8. The maximum absolute atomic E-state index is 12.4. The lowest BCUT2D eigenvalue weighted by atomic mass is 9.87. The van der Waals surface area contributed by atoms with Gasteiger partial charge in [0.2, 0.25) is 0 Å². The zero-order chi connectivity index (χ0) is 12.2. The molecule has 2 aliphatic heterocycles. The minimum atomic E-state index is -0.304. The molecule has 0 radical (unpaired) electrons. The average molecular weight is 242 g/mol. The summed E-state index contributed by atoms with van der Waals surface area (Å²) in [6.45, 7) is 0. The van der Waals surface area contributed by atoms with Gasteiger partial charge in [-0.25, -0.2) is 0 Å². The largest absolute Gasteiger partial charge is 0.317 e. The lowest BCUT2D eigenvalue weighted by Crippen LogP contribution is -2.47. The maximum Gasteiger partial charge on any atom is 0.273 e. The summed E-state index contributed by atoms with van der Waals surface area (Å²) >= 11 is 0. The topological polar surface area (TPSA) is 32.7 Å². The molecule has 0 aromatic heterocycles. The summed E-state index contributed by atoms with van der Waals surface area (Å²) in [5.74, 6) is 1.10.